The van der Waals surface area contributed by atoms with Crippen LogP contribution in [0.15, 0.2) is 18.3 Å². The average Bonchev–Trinajstić information content (AvgIpc) is 2.39. The van der Waals surface area contributed by atoms with Crippen molar-refractivity contribution >= 4 is 11.7 Å². The van der Waals surface area contributed by atoms with E-state index in [0.717, 1.165) is 18.9 Å². The highest BCUT2D eigenvalue weighted by molar-refractivity contribution is 5.94. The Bertz CT molecular complexity index is 406. The van der Waals surface area contributed by atoms with Crippen molar-refractivity contribution in [3.8, 4) is 0 Å². The van der Waals surface area contributed by atoms with Gasteiger partial charge in [-0.25, -0.2) is 4.98 Å². The van der Waals surface area contributed by atoms with Gasteiger partial charge in [-0.05, 0) is 40.0 Å². The first-order valence-electron chi connectivity index (χ1n) is 6.73. The van der Waals surface area contributed by atoms with Gasteiger partial charge in [-0.1, -0.05) is 0 Å². The first kappa shape index (κ1) is 15.4. The lowest BCUT2D eigenvalue weighted by molar-refractivity contribution is 0.0948. The number of anilines is 1. The third-order valence-electron chi connectivity index (χ3n) is 3.01. The van der Waals surface area contributed by atoms with Gasteiger partial charge < -0.3 is 15.5 Å². The van der Waals surface area contributed by atoms with Crippen LogP contribution in [-0.4, -0.2) is 48.5 Å². The number of aromatic nitrogens is 1. The fourth-order valence-electron chi connectivity index (χ4n) is 1.56. The minimum atomic E-state index is -0.0568. The van der Waals surface area contributed by atoms with Crippen LogP contribution >= 0.6 is 0 Å². The molecule has 0 saturated carbocycles. The van der Waals surface area contributed by atoms with Crippen LogP contribution in [0.5, 0.6) is 0 Å². The van der Waals surface area contributed by atoms with E-state index in [2.05, 4.69) is 34.4 Å². The van der Waals surface area contributed by atoms with E-state index in [1.807, 2.05) is 14.0 Å². The zero-order valence-corrected chi connectivity index (χ0v) is 12.2. The first-order chi connectivity index (χ1) is 9.04. The number of likely N-dealkylation sites (N-methyl/N-ethyl adjacent to an activating group) is 1. The van der Waals surface area contributed by atoms with Crippen molar-refractivity contribution in [1.82, 2.24) is 15.2 Å². The summed E-state index contributed by atoms with van der Waals surface area (Å²) in [5, 5.41) is 6.01. The van der Waals surface area contributed by atoms with Gasteiger partial charge in [0.15, 0.2) is 0 Å². The molecule has 106 valence electrons. The van der Waals surface area contributed by atoms with Crippen molar-refractivity contribution in [1.29, 1.82) is 0 Å². The van der Waals surface area contributed by atoms with Crippen molar-refractivity contribution in [2.75, 3.05) is 32.0 Å². The minimum absolute atomic E-state index is 0.0568. The van der Waals surface area contributed by atoms with Gasteiger partial charge in [0.1, 0.15) is 5.82 Å². The molecular formula is C14H24N4O. The number of hydrogen-bond acceptors (Lipinski definition) is 4. The van der Waals surface area contributed by atoms with Gasteiger partial charge in [0.25, 0.3) is 5.91 Å². The van der Waals surface area contributed by atoms with Gasteiger partial charge in [-0.3, -0.25) is 4.79 Å². The van der Waals surface area contributed by atoms with Gasteiger partial charge in [0, 0.05) is 37.4 Å². The molecule has 0 bridgehead atoms. The van der Waals surface area contributed by atoms with E-state index in [1.165, 1.54) is 0 Å². The van der Waals surface area contributed by atoms with Crippen molar-refractivity contribution < 1.29 is 4.79 Å². The molecule has 0 saturated heterocycles. The number of nitrogens with one attached hydrogen (secondary N) is 2. The predicted octanol–water partition coefficient (Wildman–Crippen LogP) is 1.58. The normalized spacial score (nSPS) is 10.8. The SMILES string of the molecule is CCNc1cc(C(=O)NCCN(C)C(C)C)ccn1. The zero-order valence-electron chi connectivity index (χ0n) is 12.2. The maximum Gasteiger partial charge on any atom is 0.251 e. The van der Waals surface area contributed by atoms with Gasteiger partial charge in [0.05, 0.1) is 0 Å². The van der Waals surface area contributed by atoms with E-state index in [-0.39, 0.29) is 5.91 Å². The third-order valence-corrected chi connectivity index (χ3v) is 3.01. The van der Waals surface area contributed by atoms with Gasteiger partial charge in [-0.15, -0.1) is 0 Å². The monoisotopic (exact) mass is 264 g/mol. The molecule has 5 nitrogen and oxygen atoms in total. The maximum atomic E-state index is 12.0. The second-order valence-corrected chi connectivity index (χ2v) is 4.79. The smallest absolute Gasteiger partial charge is 0.251 e. The van der Waals surface area contributed by atoms with E-state index in [0.29, 0.717) is 18.2 Å². The third kappa shape index (κ3) is 5.26. The minimum Gasteiger partial charge on any atom is -0.370 e. The van der Waals surface area contributed by atoms with Crippen LogP contribution in [-0.2, 0) is 0 Å². The van der Waals surface area contributed by atoms with Crippen LogP contribution in [0.4, 0.5) is 5.82 Å². The predicted molar refractivity (Wildman–Crippen MR) is 78.5 cm³/mol. The van der Waals surface area contributed by atoms with Crippen LogP contribution in [0.2, 0.25) is 0 Å². The number of carbonyl (C=O) groups is 1. The molecule has 0 aliphatic heterocycles. The molecule has 19 heavy (non-hydrogen) atoms. The second-order valence-electron chi connectivity index (χ2n) is 4.79. The van der Waals surface area contributed by atoms with E-state index in [9.17, 15) is 4.79 Å². The molecule has 0 unspecified atom stereocenters. The topological polar surface area (TPSA) is 57.3 Å². The number of amides is 1. The van der Waals surface area contributed by atoms with Crippen LogP contribution in [0.3, 0.4) is 0 Å². The summed E-state index contributed by atoms with van der Waals surface area (Å²) in [6.45, 7) is 8.54. The summed E-state index contributed by atoms with van der Waals surface area (Å²) >= 11 is 0. The van der Waals surface area contributed by atoms with E-state index in [1.54, 1.807) is 18.3 Å². The van der Waals surface area contributed by atoms with E-state index in [4.69, 9.17) is 0 Å². The molecule has 1 aromatic rings. The molecule has 1 rings (SSSR count). The van der Waals surface area contributed by atoms with Crippen LogP contribution in [0, 0.1) is 0 Å². The molecule has 1 amide bonds. The summed E-state index contributed by atoms with van der Waals surface area (Å²) < 4.78 is 0. The summed E-state index contributed by atoms with van der Waals surface area (Å²) in [5.41, 5.74) is 0.637. The van der Waals surface area contributed by atoms with Crippen molar-refractivity contribution in [2.24, 2.45) is 0 Å². The Kier molecular flexibility index (Phi) is 6.29. The molecule has 5 heteroatoms. The molecular weight excluding hydrogens is 240 g/mol. The van der Waals surface area contributed by atoms with Crippen LogP contribution < -0.4 is 10.6 Å². The number of hydrogen-bond donors (Lipinski definition) is 2. The second kappa shape index (κ2) is 7.74. The molecule has 0 aliphatic rings. The Hall–Kier alpha value is -1.62. The van der Waals surface area contributed by atoms with Gasteiger partial charge in [0.2, 0.25) is 0 Å². The molecule has 0 radical (unpaired) electrons. The van der Waals surface area contributed by atoms with Crippen molar-refractivity contribution in [3.63, 3.8) is 0 Å². The summed E-state index contributed by atoms with van der Waals surface area (Å²) in [6.07, 6.45) is 1.65. The molecule has 1 aromatic heterocycles. The molecule has 2 N–H and O–H groups in total. The lowest BCUT2D eigenvalue weighted by atomic mass is 10.2. The highest BCUT2D eigenvalue weighted by Crippen LogP contribution is 2.06. The Balaban J connectivity index is 2.47. The molecule has 0 fully saturated rings. The zero-order chi connectivity index (χ0) is 14.3. The number of pyridine rings is 1. The summed E-state index contributed by atoms with van der Waals surface area (Å²) in [4.78, 5) is 18.3. The fourth-order valence-corrected chi connectivity index (χ4v) is 1.56. The number of nitrogens with zero attached hydrogens (tertiary/aromatic N) is 2. The molecule has 1 heterocycles. The summed E-state index contributed by atoms with van der Waals surface area (Å²) in [7, 11) is 2.05. The highest BCUT2D eigenvalue weighted by atomic mass is 16.1. The standard InChI is InChI=1S/C14H24N4O/c1-5-15-13-10-12(6-7-16-13)14(19)17-8-9-18(4)11(2)3/h6-7,10-11H,5,8-9H2,1-4H3,(H,15,16)(H,17,19). The number of carbonyl (C=O) groups excluding carboxylic acids is 1. The quantitative estimate of drug-likeness (QED) is 0.785. The van der Waals surface area contributed by atoms with Crippen molar-refractivity contribution in [3.05, 3.63) is 23.9 Å². The summed E-state index contributed by atoms with van der Waals surface area (Å²) in [5.74, 6) is 0.674. The average molecular weight is 264 g/mol. The number of rotatable bonds is 7. The Morgan fingerprint density at radius 1 is 1.47 bits per heavy atom. The summed E-state index contributed by atoms with van der Waals surface area (Å²) in [6, 6.07) is 3.98. The van der Waals surface area contributed by atoms with E-state index >= 15 is 0 Å². The van der Waals surface area contributed by atoms with Gasteiger partial charge in [-0.2, -0.15) is 0 Å². The Morgan fingerprint density at radius 3 is 2.84 bits per heavy atom. The van der Waals surface area contributed by atoms with Crippen LogP contribution in [0.1, 0.15) is 31.1 Å². The molecule has 0 aromatic carbocycles. The highest BCUT2D eigenvalue weighted by Gasteiger charge is 2.07. The maximum absolute atomic E-state index is 12.0. The van der Waals surface area contributed by atoms with Crippen molar-refractivity contribution in [2.45, 2.75) is 26.8 Å². The molecule has 0 atom stereocenters. The van der Waals surface area contributed by atoms with E-state index < -0.39 is 0 Å². The van der Waals surface area contributed by atoms with Gasteiger partial charge >= 0.3 is 0 Å². The molecule has 0 spiro atoms. The lowest BCUT2D eigenvalue weighted by Crippen LogP contribution is -2.36. The van der Waals surface area contributed by atoms with Crippen LogP contribution in [0.25, 0.3) is 0 Å². The lowest BCUT2D eigenvalue weighted by Gasteiger charge is -2.20. The first-order valence-corrected chi connectivity index (χ1v) is 6.73. The molecule has 0 aliphatic carbocycles. The Morgan fingerprint density at radius 2 is 2.21 bits per heavy atom. The largest absolute Gasteiger partial charge is 0.370 e. The fraction of sp³-hybridized carbons (Fsp3) is 0.571. The Labute approximate surface area is 115 Å².